The van der Waals surface area contributed by atoms with Gasteiger partial charge in [-0.1, -0.05) is 0 Å². The van der Waals surface area contributed by atoms with Gasteiger partial charge in [-0.3, -0.25) is 21.1 Å². The number of piperazine rings is 3. The standard InChI is InChI=1S/C15H28N4OS/c16-17-14(13-10-18-3-5-19(13)6-4-18)12-1-7-20-15(9-12)2-8-21-11-15/h12-14,17H,1-11,16H2. The van der Waals surface area contributed by atoms with Gasteiger partial charge >= 0.3 is 0 Å². The predicted octanol–water partition coefficient (Wildman–Crippen LogP) is 0.120. The number of rotatable bonds is 3. The molecule has 0 aromatic rings. The molecule has 0 amide bonds. The Labute approximate surface area is 131 Å². The number of thioether (sulfide) groups is 1. The fraction of sp³-hybridized carbons (Fsp3) is 1.00. The smallest absolute Gasteiger partial charge is 0.0783 e. The van der Waals surface area contributed by atoms with Crippen molar-refractivity contribution < 1.29 is 4.74 Å². The number of hydrazine groups is 1. The van der Waals surface area contributed by atoms with E-state index in [-0.39, 0.29) is 5.60 Å². The molecule has 0 aliphatic carbocycles. The molecule has 21 heavy (non-hydrogen) atoms. The first-order valence-corrected chi connectivity index (χ1v) is 9.59. The van der Waals surface area contributed by atoms with Gasteiger partial charge in [0, 0.05) is 57.2 Å². The Morgan fingerprint density at radius 2 is 2.14 bits per heavy atom. The highest BCUT2D eigenvalue weighted by Gasteiger charge is 2.46. The molecular weight excluding hydrogens is 284 g/mol. The molecule has 3 N–H and O–H groups in total. The zero-order valence-electron chi connectivity index (χ0n) is 12.8. The minimum absolute atomic E-state index is 0.159. The molecule has 1 spiro atoms. The molecule has 120 valence electrons. The molecule has 0 aromatic carbocycles. The van der Waals surface area contributed by atoms with Crippen LogP contribution in [0.1, 0.15) is 19.3 Å². The predicted molar refractivity (Wildman–Crippen MR) is 86.3 cm³/mol. The van der Waals surface area contributed by atoms with Crippen molar-refractivity contribution >= 4 is 11.8 Å². The third kappa shape index (κ3) is 2.75. The van der Waals surface area contributed by atoms with E-state index in [1.165, 1.54) is 57.1 Å². The van der Waals surface area contributed by atoms with Crippen LogP contribution in [0.5, 0.6) is 0 Å². The van der Waals surface area contributed by atoms with Crippen LogP contribution in [-0.4, -0.2) is 78.3 Å². The fourth-order valence-electron chi connectivity index (χ4n) is 4.80. The average Bonchev–Trinajstić information content (AvgIpc) is 2.97. The summed E-state index contributed by atoms with van der Waals surface area (Å²) in [6.45, 7) is 7.01. The molecule has 5 rings (SSSR count). The molecular formula is C15H28N4OS. The summed E-state index contributed by atoms with van der Waals surface area (Å²) in [5, 5.41) is 0. The molecule has 5 saturated heterocycles. The average molecular weight is 312 g/mol. The van der Waals surface area contributed by atoms with Gasteiger partial charge in [0.2, 0.25) is 0 Å². The van der Waals surface area contributed by atoms with Crippen molar-refractivity contribution in [1.29, 1.82) is 0 Å². The molecule has 2 bridgehead atoms. The molecule has 5 aliphatic heterocycles. The Morgan fingerprint density at radius 3 is 2.76 bits per heavy atom. The first-order valence-electron chi connectivity index (χ1n) is 8.44. The quantitative estimate of drug-likeness (QED) is 0.570. The summed E-state index contributed by atoms with van der Waals surface area (Å²) >= 11 is 2.05. The van der Waals surface area contributed by atoms with Crippen LogP contribution < -0.4 is 11.3 Å². The summed E-state index contributed by atoms with van der Waals surface area (Å²) in [5.74, 6) is 9.11. The summed E-state index contributed by atoms with van der Waals surface area (Å²) < 4.78 is 6.19. The highest BCUT2D eigenvalue weighted by Crippen LogP contribution is 2.42. The highest BCUT2D eigenvalue weighted by molar-refractivity contribution is 7.99. The lowest BCUT2D eigenvalue weighted by molar-refractivity contribution is -0.0973. The van der Waals surface area contributed by atoms with Gasteiger partial charge in [0.25, 0.3) is 0 Å². The second-order valence-corrected chi connectivity index (χ2v) is 8.29. The largest absolute Gasteiger partial charge is 0.374 e. The Kier molecular flexibility index (Phi) is 4.19. The van der Waals surface area contributed by atoms with Crippen molar-refractivity contribution in [2.75, 3.05) is 50.8 Å². The zero-order chi connectivity index (χ0) is 14.3. The van der Waals surface area contributed by atoms with E-state index < -0.39 is 0 Å². The van der Waals surface area contributed by atoms with Crippen LogP contribution in [0.4, 0.5) is 0 Å². The molecule has 5 fully saturated rings. The monoisotopic (exact) mass is 312 g/mol. The van der Waals surface area contributed by atoms with Crippen molar-refractivity contribution in [1.82, 2.24) is 15.2 Å². The van der Waals surface area contributed by atoms with Crippen LogP contribution >= 0.6 is 11.8 Å². The van der Waals surface area contributed by atoms with Crippen molar-refractivity contribution in [3.63, 3.8) is 0 Å². The van der Waals surface area contributed by atoms with Crippen molar-refractivity contribution in [3.05, 3.63) is 0 Å². The van der Waals surface area contributed by atoms with Crippen LogP contribution in [-0.2, 0) is 4.74 Å². The second kappa shape index (κ2) is 5.98. The Hall–Kier alpha value is 0.150. The summed E-state index contributed by atoms with van der Waals surface area (Å²) in [4.78, 5) is 5.27. The van der Waals surface area contributed by atoms with Crippen molar-refractivity contribution in [2.24, 2.45) is 11.8 Å². The van der Waals surface area contributed by atoms with Crippen molar-refractivity contribution in [3.8, 4) is 0 Å². The van der Waals surface area contributed by atoms with Crippen LogP contribution in [0.15, 0.2) is 0 Å². The number of nitrogens with one attached hydrogen (secondary N) is 1. The lowest BCUT2D eigenvalue weighted by Crippen LogP contribution is -2.69. The molecule has 4 atom stereocenters. The van der Waals surface area contributed by atoms with E-state index in [4.69, 9.17) is 10.6 Å². The van der Waals surface area contributed by atoms with E-state index in [2.05, 4.69) is 27.0 Å². The first kappa shape index (κ1) is 14.7. The van der Waals surface area contributed by atoms with Gasteiger partial charge in [-0.2, -0.15) is 11.8 Å². The Morgan fingerprint density at radius 1 is 1.29 bits per heavy atom. The Bertz CT molecular complexity index is 369. The van der Waals surface area contributed by atoms with Crippen LogP contribution in [0, 0.1) is 5.92 Å². The summed E-state index contributed by atoms with van der Waals surface area (Å²) in [5.41, 5.74) is 3.36. The van der Waals surface area contributed by atoms with Gasteiger partial charge in [0.05, 0.1) is 5.60 Å². The number of fused-ring (bicyclic) bond motifs is 3. The van der Waals surface area contributed by atoms with Gasteiger partial charge in [-0.05, 0) is 30.9 Å². The Balaban J connectivity index is 1.47. The maximum atomic E-state index is 6.19. The number of ether oxygens (including phenoxy) is 1. The van der Waals surface area contributed by atoms with Crippen LogP contribution in [0.2, 0.25) is 0 Å². The molecule has 0 aromatic heterocycles. The van der Waals surface area contributed by atoms with E-state index in [1.807, 2.05) is 0 Å². The SMILES string of the molecule is NNC(C1CCOC2(CCSC2)C1)C1CN2CCN1CC2. The van der Waals surface area contributed by atoms with Crippen molar-refractivity contribution in [2.45, 2.75) is 36.9 Å². The number of hydrogen-bond acceptors (Lipinski definition) is 6. The fourth-order valence-corrected chi connectivity index (χ4v) is 6.17. The number of hydrogen-bond donors (Lipinski definition) is 2. The van der Waals surface area contributed by atoms with Gasteiger partial charge in [-0.25, -0.2) is 0 Å². The third-order valence-electron chi connectivity index (χ3n) is 6.03. The first-order chi connectivity index (χ1) is 10.3. The maximum absolute atomic E-state index is 6.19. The van der Waals surface area contributed by atoms with E-state index in [1.54, 1.807) is 0 Å². The summed E-state index contributed by atoms with van der Waals surface area (Å²) in [7, 11) is 0. The zero-order valence-corrected chi connectivity index (χ0v) is 13.6. The third-order valence-corrected chi connectivity index (χ3v) is 7.26. The molecule has 6 heteroatoms. The van der Waals surface area contributed by atoms with Gasteiger partial charge < -0.3 is 4.74 Å². The molecule has 5 nitrogen and oxygen atoms in total. The van der Waals surface area contributed by atoms with Gasteiger partial charge in [0.15, 0.2) is 0 Å². The normalized spacial score (nSPS) is 47.9. The van der Waals surface area contributed by atoms with Gasteiger partial charge in [-0.15, -0.1) is 0 Å². The molecule has 0 radical (unpaired) electrons. The number of nitrogens with zero attached hydrogens (tertiary/aromatic N) is 2. The molecule has 4 unspecified atom stereocenters. The van der Waals surface area contributed by atoms with Crippen LogP contribution in [0.25, 0.3) is 0 Å². The topological polar surface area (TPSA) is 53.8 Å². The van der Waals surface area contributed by atoms with Crippen LogP contribution in [0.3, 0.4) is 0 Å². The minimum atomic E-state index is 0.159. The highest BCUT2D eigenvalue weighted by atomic mass is 32.2. The number of nitrogens with two attached hydrogens (primary N) is 1. The maximum Gasteiger partial charge on any atom is 0.0783 e. The summed E-state index contributed by atoms with van der Waals surface area (Å²) in [6, 6.07) is 1.01. The van der Waals surface area contributed by atoms with E-state index in [0.717, 1.165) is 13.0 Å². The van der Waals surface area contributed by atoms with E-state index in [9.17, 15) is 0 Å². The van der Waals surface area contributed by atoms with E-state index >= 15 is 0 Å². The second-order valence-electron chi connectivity index (χ2n) is 7.18. The minimum Gasteiger partial charge on any atom is -0.374 e. The lowest BCUT2D eigenvalue weighted by Gasteiger charge is -2.52. The van der Waals surface area contributed by atoms with E-state index in [0.29, 0.717) is 18.0 Å². The molecule has 5 heterocycles. The summed E-state index contributed by atoms with van der Waals surface area (Å²) in [6.07, 6.45) is 3.58. The molecule has 0 saturated carbocycles. The van der Waals surface area contributed by atoms with Gasteiger partial charge in [0.1, 0.15) is 0 Å². The lowest BCUT2D eigenvalue weighted by atomic mass is 9.78. The molecule has 5 aliphatic rings.